The Bertz CT molecular complexity index is 288. The van der Waals surface area contributed by atoms with Gasteiger partial charge in [-0.1, -0.05) is 12.1 Å². The van der Waals surface area contributed by atoms with Crippen molar-refractivity contribution in [3.05, 3.63) is 29.8 Å². The molecule has 0 aliphatic carbocycles. The van der Waals surface area contributed by atoms with Crippen molar-refractivity contribution in [2.45, 2.75) is 0 Å². The standard InChI is InChI=1S/C7H5NS.CH3F/c1-2-4-7-6(3-1)8-5-9-7;1-2/h1-5H;1H3. The van der Waals surface area contributed by atoms with Gasteiger partial charge in [-0.25, -0.2) is 4.98 Å². The minimum atomic E-state index is 0.500. The van der Waals surface area contributed by atoms with Gasteiger partial charge in [-0.3, -0.25) is 4.39 Å². The molecule has 0 bridgehead atoms. The van der Waals surface area contributed by atoms with Gasteiger partial charge in [0.1, 0.15) is 0 Å². The highest BCUT2D eigenvalue weighted by molar-refractivity contribution is 7.16. The van der Waals surface area contributed by atoms with Crippen molar-refractivity contribution in [3.63, 3.8) is 0 Å². The fourth-order valence-corrected chi connectivity index (χ4v) is 1.48. The Kier molecular flexibility index (Phi) is 2.98. The highest BCUT2D eigenvalue weighted by atomic mass is 32.1. The number of para-hydroxylation sites is 1. The van der Waals surface area contributed by atoms with Crippen molar-refractivity contribution in [1.29, 1.82) is 0 Å². The Hall–Kier alpha value is -0.960. The summed E-state index contributed by atoms with van der Waals surface area (Å²) in [5, 5.41) is 0. The van der Waals surface area contributed by atoms with Crippen LogP contribution in [-0.4, -0.2) is 12.2 Å². The van der Waals surface area contributed by atoms with Crippen molar-refractivity contribution < 1.29 is 4.39 Å². The molecule has 0 fully saturated rings. The van der Waals surface area contributed by atoms with Crippen LogP contribution >= 0.6 is 11.3 Å². The maximum atomic E-state index is 9.50. The molecule has 11 heavy (non-hydrogen) atoms. The lowest BCUT2D eigenvalue weighted by atomic mass is 10.3. The molecule has 0 unspecified atom stereocenters. The molecule has 0 N–H and O–H groups in total. The molecule has 0 saturated carbocycles. The average molecular weight is 169 g/mol. The molecule has 0 spiro atoms. The van der Waals surface area contributed by atoms with Crippen molar-refractivity contribution in [3.8, 4) is 0 Å². The van der Waals surface area contributed by atoms with Crippen molar-refractivity contribution >= 4 is 21.6 Å². The van der Waals surface area contributed by atoms with Crippen LogP contribution in [0.5, 0.6) is 0 Å². The van der Waals surface area contributed by atoms with Crippen molar-refractivity contribution in [2.75, 3.05) is 7.18 Å². The summed E-state index contributed by atoms with van der Waals surface area (Å²) in [6, 6.07) is 8.13. The summed E-state index contributed by atoms with van der Waals surface area (Å²) < 4.78 is 10.8. The van der Waals surface area contributed by atoms with Gasteiger partial charge in [0.15, 0.2) is 0 Å². The van der Waals surface area contributed by atoms with Crippen LogP contribution in [0.4, 0.5) is 4.39 Å². The monoisotopic (exact) mass is 169 g/mol. The third-order valence-electron chi connectivity index (χ3n) is 1.24. The Morgan fingerprint density at radius 2 is 2.00 bits per heavy atom. The second-order valence-corrected chi connectivity index (χ2v) is 2.71. The van der Waals surface area contributed by atoms with Crippen LogP contribution < -0.4 is 0 Å². The molecular weight excluding hydrogens is 161 g/mol. The number of thiazole rings is 1. The number of nitrogens with zero attached hydrogens (tertiary/aromatic N) is 1. The quantitative estimate of drug-likeness (QED) is 0.591. The van der Waals surface area contributed by atoms with E-state index in [-0.39, 0.29) is 0 Å². The first-order valence-corrected chi connectivity index (χ1v) is 4.01. The zero-order chi connectivity index (χ0) is 8.10. The van der Waals surface area contributed by atoms with Gasteiger partial charge < -0.3 is 0 Å². The van der Waals surface area contributed by atoms with Gasteiger partial charge in [0.05, 0.1) is 22.9 Å². The first-order valence-electron chi connectivity index (χ1n) is 3.13. The predicted octanol–water partition coefficient (Wildman–Crippen LogP) is 2.88. The third-order valence-corrected chi connectivity index (χ3v) is 2.05. The molecule has 0 aliphatic heterocycles. The van der Waals surface area contributed by atoms with Gasteiger partial charge in [-0.2, -0.15) is 0 Å². The van der Waals surface area contributed by atoms with Gasteiger partial charge >= 0.3 is 0 Å². The molecule has 0 atom stereocenters. The lowest BCUT2D eigenvalue weighted by Crippen LogP contribution is -1.61. The molecule has 0 radical (unpaired) electrons. The molecule has 2 aromatic rings. The summed E-state index contributed by atoms with van der Waals surface area (Å²) in [6.07, 6.45) is 0. The Morgan fingerprint density at radius 1 is 1.27 bits per heavy atom. The van der Waals surface area contributed by atoms with E-state index in [9.17, 15) is 4.39 Å². The number of fused-ring (bicyclic) bond motifs is 1. The van der Waals surface area contributed by atoms with Gasteiger partial charge in [0.2, 0.25) is 0 Å². The summed E-state index contributed by atoms with van der Waals surface area (Å²) in [4.78, 5) is 4.14. The Balaban J connectivity index is 0.000000281. The van der Waals surface area contributed by atoms with E-state index in [1.807, 2.05) is 23.7 Å². The molecule has 0 aliphatic rings. The first-order chi connectivity index (χ1) is 5.47. The normalized spacial score (nSPS) is 8.91. The number of hydrogen-bond donors (Lipinski definition) is 0. The maximum Gasteiger partial charge on any atom is 0.0812 e. The summed E-state index contributed by atoms with van der Waals surface area (Å²) in [5.41, 5.74) is 2.97. The van der Waals surface area contributed by atoms with Crippen molar-refractivity contribution in [2.24, 2.45) is 0 Å². The largest absolute Gasteiger partial charge is 0.255 e. The topological polar surface area (TPSA) is 12.9 Å². The minimum absolute atomic E-state index is 0.500. The number of hydrogen-bond acceptors (Lipinski definition) is 2. The van der Waals surface area contributed by atoms with Gasteiger partial charge in [0, 0.05) is 0 Å². The molecule has 1 heterocycles. The van der Waals surface area contributed by atoms with Gasteiger partial charge in [-0.05, 0) is 12.1 Å². The summed E-state index contributed by atoms with van der Waals surface area (Å²) in [6.45, 7) is 0. The van der Waals surface area contributed by atoms with E-state index >= 15 is 0 Å². The first kappa shape index (κ1) is 8.14. The maximum absolute atomic E-state index is 9.50. The smallest absolute Gasteiger partial charge is 0.0812 e. The minimum Gasteiger partial charge on any atom is -0.255 e. The van der Waals surface area contributed by atoms with Crippen LogP contribution in [0, 0.1) is 0 Å². The van der Waals surface area contributed by atoms with Crippen LogP contribution in [0.1, 0.15) is 0 Å². The molecule has 2 rings (SSSR count). The molecule has 1 aromatic carbocycles. The second-order valence-electron chi connectivity index (χ2n) is 1.82. The van der Waals surface area contributed by atoms with E-state index in [2.05, 4.69) is 11.1 Å². The lowest BCUT2D eigenvalue weighted by molar-refractivity contribution is 0.636. The number of aromatic nitrogens is 1. The molecule has 0 saturated heterocycles. The highest BCUT2D eigenvalue weighted by Gasteiger charge is 1.89. The van der Waals surface area contributed by atoms with E-state index in [0.717, 1.165) is 5.52 Å². The van der Waals surface area contributed by atoms with E-state index in [0.29, 0.717) is 7.18 Å². The Labute approximate surface area is 68.5 Å². The summed E-state index contributed by atoms with van der Waals surface area (Å²) >= 11 is 1.68. The van der Waals surface area contributed by atoms with E-state index < -0.39 is 0 Å². The fraction of sp³-hybridized carbons (Fsp3) is 0.125. The van der Waals surface area contributed by atoms with Crippen LogP contribution in [0.2, 0.25) is 0 Å². The van der Waals surface area contributed by atoms with E-state index in [4.69, 9.17) is 0 Å². The Morgan fingerprint density at radius 3 is 2.73 bits per heavy atom. The summed E-state index contributed by atoms with van der Waals surface area (Å²) in [5.74, 6) is 0. The van der Waals surface area contributed by atoms with Crippen LogP contribution in [0.3, 0.4) is 0 Å². The summed E-state index contributed by atoms with van der Waals surface area (Å²) in [7, 11) is 0.500. The lowest BCUT2D eigenvalue weighted by Gasteiger charge is -1.80. The SMILES string of the molecule is CF.c1ccc2scnc2c1. The molecule has 1 aromatic heterocycles. The molecule has 3 heteroatoms. The molecule has 1 nitrogen and oxygen atoms in total. The third kappa shape index (κ3) is 1.74. The van der Waals surface area contributed by atoms with Gasteiger partial charge in [0.25, 0.3) is 0 Å². The molecule has 0 amide bonds. The molecular formula is C8H8FNS. The molecule has 58 valence electrons. The fourth-order valence-electron chi connectivity index (χ4n) is 0.803. The number of benzene rings is 1. The van der Waals surface area contributed by atoms with E-state index in [1.165, 1.54) is 4.70 Å². The van der Waals surface area contributed by atoms with Crippen LogP contribution in [-0.2, 0) is 0 Å². The number of rotatable bonds is 0. The van der Waals surface area contributed by atoms with Crippen molar-refractivity contribution in [1.82, 2.24) is 4.98 Å². The zero-order valence-corrected chi connectivity index (χ0v) is 6.94. The second kappa shape index (κ2) is 4.03. The van der Waals surface area contributed by atoms with Crippen LogP contribution in [0.25, 0.3) is 10.2 Å². The average Bonchev–Trinajstić information content (AvgIpc) is 2.55. The number of halogens is 1. The van der Waals surface area contributed by atoms with Gasteiger partial charge in [-0.15, -0.1) is 11.3 Å². The zero-order valence-electron chi connectivity index (χ0n) is 6.12. The van der Waals surface area contributed by atoms with Crippen LogP contribution in [0.15, 0.2) is 29.8 Å². The predicted molar refractivity (Wildman–Crippen MR) is 46.7 cm³/mol. The highest BCUT2D eigenvalue weighted by Crippen LogP contribution is 2.15. The van der Waals surface area contributed by atoms with E-state index in [1.54, 1.807) is 11.3 Å². The number of alkyl halides is 1.